The number of halogens is 1. The number of carbonyl (C=O) groups is 2. The first-order valence-corrected chi connectivity index (χ1v) is 17.6. The molecule has 2 amide bonds. The van der Waals surface area contributed by atoms with Crippen molar-refractivity contribution in [2.75, 3.05) is 10.8 Å². The molecule has 0 saturated heterocycles. The van der Waals surface area contributed by atoms with Crippen molar-refractivity contribution < 1.29 is 18.0 Å². The normalized spacial score (nSPS) is 14.3. The molecule has 0 heterocycles. The number of hydrogen-bond donors (Lipinski definition) is 1. The average molecular weight is 689 g/mol. The van der Waals surface area contributed by atoms with Crippen molar-refractivity contribution in [3.63, 3.8) is 0 Å². The lowest BCUT2D eigenvalue weighted by molar-refractivity contribution is -0.140. The van der Waals surface area contributed by atoms with E-state index in [0.717, 1.165) is 52.0 Å². The van der Waals surface area contributed by atoms with E-state index in [-0.39, 0.29) is 23.4 Å². The van der Waals surface area contributed by atoms with Crippen LogP contribution in [0.15, 0.2) is 125 Å². The molecule has 0 aliphatic heterocycles. The minimum absolute atomic E-state index is 0.0495. The molecular formula is C36H38BrN3O4S. The number of nitrogens with zero attached hydrogens (tertiary/aromatic N) is 2. The molecule has 45 heavy (non-hydrogen) atoms. The van der Waals surface area contributed by atoms with Gasteiger partial charge in [-0.15, -0.1) is 0 Å². The standard InChI is InChI=1S/C36H38BrN3O4S/c37-30-23-21-29(22-24-30)26-39(34(25-28-13-5-1-6-14-28)36(42)38-31-15-7-2-8-16-31)35(41)27-40(32-17-9-3-10-18-32)45(43,44)33-19-11-4-12-20-33/h1,3-6,9-14,17-24,31,34H,2,7-8,15-16,25-27H2,(H,38,42)/t34-/m0/s1. The Kier molecular flexibility index (Phi) is 11.1. The first-order valence-electron chi connectivity index (χ1n) is 15.3. The maximum absolute atomic E-state index is 14.5. The zero-order chi connectivity index (χ0) is 31.6. The monoisotopic (exact) mass is 687 g/mol. The van der Waals surface area contributed by atoms with Crippen molar-refractivity contribution in [2.24, 2.45) is 0 Å². The molecule has 4 aromatic rings. The molecule has 7 nitrogen and oxygen atoms in total. The molecular weight excluding hydrogens is 650 g/mol. The number of sulfonamides is 1. The van der Waals surface area contributed by atoms with Crippen LogP contribution in [0.1, 0.15) is 43.2 Å². The molecule has 0 aromatic heterocycles. The van der Waals surface area contributed by atoms with Gasteiger partial charge in [-0.3, -0.25) is 13.9 Å². The van der Waals surface area contributed by atoms with E-state index in [2.05, 4.69) is 21.2 Å². The second-order valence-electron chi connectivity index (χ2n) is 11.4. The highest BCUT2D eigenvalue weighted by Crippen LogP contribution is 2.25. The number of anilines is 1. The van der Waals surface area contributed by atoms with E-state index in [1.165, 1.54) is 12.1 Å². The highest BCUT2D eigenvalue weighted by molar-refractivity contribution is 9.10. The van der Waals surface area contributed by atoms with Crippen LogP contribution in [0.25, 0.3) is 0 Å². The van der Waals surface area contributed by atoms with Crippen molar-refractivity contribution in [1.29, 1.82) is 0 Å². The number of para-hydroxylation sites is 1. The minimum atomic E-state index is -4.11. The molecule has 5 rings (SSSR count). The maximum atomic E-state index is 14.5. The third-order valence-electron chi connectivity index (χ3n) is 8.14. The van der Waals surface area contributed by atoms with Gasteiger partial charge in [0.05, 0.1) is 10.6 Å². The first-order chi connectivity index (χ1) is 21.8. The van der Waals surface area contributed by atoms with Gasteiger partial charge in [-0.1, -0.05) is 114 Å². The Morgan fingerprint density at radius 3 is 1.96 bits per heavy atom. The predicted molar refractivity (Wildman–Crippen MR) is 181 cm³/mol. The summed E-state index contributed by atoms with van der Waals surface area (Å²) in [5.41, 5.74) is 2.10. The lowest BCUT2D eigenvalue weighted by atomic mass is 9.94. The van der Waals surface area contributed by atoms with Crippen LogP contribution in [0, 0.1) is 0 Å². The van der Waals surface area contributed by atoms with Gasteiger partial charge in [-0.05, 0) is 60.4 Å². The van der Waals surface area contributed by atoms with Gasteiger partial charge in [0.25, 0.3) is 10.0 Å². The van der Waals surface area contributed by atoms with Crippen LogP contribution in [0.2, 0.25) is 0 Å². The molecule has 1 aliphatic rings. The Labute approximate surface area is 274 Å². The molecule has 0 unspecified atom stereocenters. The summed E-state index contributed by atoms with van der Waals surface area (Å²) in [4.78, 5) is 30.3. The topological polar surface area (TPSA) is 86.8 Å². The molecule has 0 bridgehead atoms. The summed E-state index contributed by atoms with van der Waals surface area (Å²) >= 11 is 3.48. The fourth-order valence-corrected chi connectivity index (χ4v) is 7.43. The predicted octanol–water partition coefficient (Wildman–Crippen LogP) is 6.73. The summed E-state index contributed by atoms with van der Waals surface area (Å²) in [5, 5.41) is 3.24. The molecule has 0 spiro atoms. The van der Waals surface area contributed by atoms with E-state index in [1.54, 1.807) is 53.4 Å². The smallest absolute Gasteiger partial charge is 0.264 e. The maximum Gasteiger partial charge on any atom is 0.264 e. The Hall–Kier alpha value is -3.95. The molecule has 1 N–H and O–H groups in total. The van der Waals surface area contributed by atoms with Crippen LogP contribution in [-0.4, -0.2) is 43.8 Å². The van der Waals surface area contributed by atoms with E-state index in [4.69, 9.17) is 0 Å². The summed E-state index contributed by atoms with van der Waals surface area (Å²) in [6.45, 7) is -0.338. The number of carbonyl (C=O) groups excluding carboxylic acids is 2. The second kappa shape index (κ2) is 15.4. The van der Waals surface area contributed by atoms with Crippen LogP contribution in [-0.2, 0) is 32.6 Å². The molecule has 234 valence electrons. The summed E-state index contributed by atoms with van der Waals surface area (Å²) in [6, 6.07) is 33.1. The number of amides is 2. The van der Waals surface area contributed by atoms with Crippen molar-refractivity contribution in [3.8, 4) is 0 Å². The van der Waals surface area contributed by atoms with E-state index < -0.39 is 28.5 Å². The number of nitrogens with one attached hydrogen (secondary N) is 1. The van der Waals surface area contributed by atoms with E-state index in [1.807, 2.05) is 54.6 Å². The zero-order valence-corrected chi connectivity index (χ0v) is 27.5. The fraction of sp³-hybridized carbons (Fsp3) is 0.278. The summed E-state index contributed by atoms with van der Waals surface area (Å²) in [7, 11) is -4.11. The third-order valence-corrected chi connectivity index (χ3v) is 10.5. The van der Waals surface area contributed by atoms with Gasteiger partial charge in [0, 0.05) is 23.5 Å². The number of rotatable bonds is 12. The van der Waals surface area contributed by atoms with Crippen LogP contribution in [0.5, 0.6) is 0 Å². The van der Waals surface area contributed by atoms with E-state index in [9.17, 15) is 18.0 Å². The SMILES string of the molecule is O=C(NC1CCCCC1)[C@H](Cc1ccccc1)N(Cc1ccc(Br)cc1)C(=O)CN(c1ccccc1)S(=O)(=O)c1ccccc1. The Balaban J connectivity index is 1.54. The van der Waals surface area contributed by atoms with Gasteiger partial charge < -0.3 is 10.2 Å². The van der Waals surface area contributed by atoms with Crippen LogP contribution in [0.3, 0.4) is 0 Å². The molecule has 4 aromatic carbocycles. The Bertz CT molecular complexity index is 1650. The fourth-order valence-electron chi connectivity index (χ4n) is 5.73. The van der Waals surface area contributed by atoms with Crippen LogP contribution >= 0.6 is 15.9 Å². The van der Waals surface area contributed by atoms with E-state index in [0.29, 0.717) is 12.1 Å². The first kappa shape index (κ1) is 32.4. The quantitative estimate of drug-likeness (QED) is 0.179. The van der Waals surface area contributed by atoms with Gasteiger partial charge in [-0.2, -0.15) is 0 Å². The molecule has 1 fully saturated rings. The van der Waals surface area contributed by atoms with Gasteiger partial charge in [-0.25, -0.2) is 8.42 Å². The lowest BCUT2D eigenvalue weighted by Gasteiger charge is -2.35. The summed E-state index contributed by atoms with van der Waals surface area (Å²) in [6.07, 6.45) is 5.36. The average Bonchev–Trinajstić information content (AvgIpc) is 3.07. The van der Waals surface area contributed by atoms with Gasteiger partial charge in [0.1, 0.15) is 12.6 Å². The summed E-state index contributed by atoms with van der Waals surface area (Å²) in [5.74, 6) is -0.700. The van der Waals surface area contributed by atoms with Crippen molar-refractivity contribution in [1.82, 2.24) is 10.2 Å². The molecule has 1 saturated carbocycles. The van der Waals surface area contributed by atoms with Gasteiger partial charge in [0.15, 0.2) is 0 Å². The number of benzene rings is 4. The molecule has 0 radical (unpaired) electrons. The second-order valence-corrected chi connectivity index (χ2v) is 14.1. The number of hydrogen-bond acceptors (Lipinski definition) is 4. The van der Waals surface area contributed by atoms with E-state index >= 15 is 0 Å². The molecule has 1 aliphatic carbocycles. The Morgan fingerprint density at radius 1 is 0.756 bits per heavy atom. The highest BCUT2D eigenvalue weighted by atomic mass is 79.9. The van der Waals surface area contributed by atoms with Crippen molar-refractivity contribution in [3.05, 3.63) is 131 Å². The van der Waals surface area contributed by atoms with Gasteiger partial charge in [0.2, 0.25) is 11.8 Å². The lowest BCUT2D eigenvalue weighted by Crippen LogP contribution is -2.55. The van der Waals surface area contributed by atoms with Gasteiger partial charge >= 0.3 is 0 Å². The third kappa shape index (κ3) is 8.61. The summed E-state index contributed by atoms with van der Waals surface area (Å²) < 4.78 is 30.1. The molecule has 1 atom stereocenters. The minimum Gasteiger partial charge on any atom is -0.352 e. The van der Waals surface area contributed by atoms with Crippen LogP contribution < -0.4 is 9.62 Å². The zero-order valence-electron chi connectivity index (χ0n) is 25.1. The van der Waals surface area contributed by atoms with Crippen molar-refractivity contribution in [2.45, 2.75) is 62.0 Å². The van der Waals surface area contributed by atoms with Crippen molar-refractivity contribution >= 4 is 43.5 Å². The van der Waals surface area contributed by atoms with Crippen LogP contribution in [0.4, 0.5) is 5.69 Å². The highest BCUT2D eigenvalue weighted by Gasteiger charge is 2.35. The molecule has 9 heteroatoms. The Morgan fingerprint density at radius 2 is 1.33 bits per heavy atom. The largest absolute Gasteiger partial charge is 0.352 e.